The average Bonchev–Trinajstić information content (AvgIpc) is 3.22. The molecule has 0 aliphatic heterocycles. The van der Waals surface area contributed by atoms with Gasteiger partial charge in [-0.25, -0.2) is 0 Å². The van der Waals surface area contributed by atoms with E-state index in [4.69, 9.17) is 5.73 Å². The summed E-state index contributed by atoms with van der Waals surface area (Å²) in [5.74, 6) is 0.759. The minimum Gasteiger partial charge on any atom is -0.329 e. The fourth-order valence-electron chi connectivity index (χ4n) is 2.84. The molecule has 1 atom stereocenters. The first-order chi connectivity index (χ1) is 9.52. The first kappa shape index (κ1) is 15.5. The molecule has 1 saturated carbocycles. The van der Waals surface area contributed by atoms with Crippen LogP contribution in [0.1, 0.15) is 55.8 Å². The van der Waals surface area contributed by atoms with E-state index in [1.165, 1.54) is 42.5 Å². The molecule has 1 unspecified atom stereocenters. The highest BCUT2D eigenvalue weighted by Gasteiger charge is 2.33. The van der Waals surface area contributed by atoms with E-state index in [0.717, 1.165) is 18.5 Å². The molecule has 0 aromatic heterocycles. The molecular weight excluding hydrogens is 244 g/mol. The standard InChI is InChI=1S/C18H30N2/c1-13(2)9-10-20(17-7-8-17)18(12-19)16-6-5-14(3)15(4)11-16/h5-6,11,13,17-18H,7-10,12,19H2,1-4H3. The molecule has 2 rings (SSSR count). The van der Waals surface area contributed by atoms with Crippen LogP contribution in [-0.4, -0.2) is 24.0 Å². The number of hydrogen-bond donors (Lipinski definition) is 1. The van der Waals surface area contributed by atoms with E-state index >= 15 is 0 Å². The van der Waals surface area contributed by atoms with Crippen LogP contribution in [0.4, 0.5) is 0 Å². The fraction of sp³-hybridized carbons (Fsp3) is 0.667. The maximum Gasteiger partial charge on any atom is 0.0473 e. The molecule has 1 aromatic rings. The molecule has 0 heterocycles. The molecule has 112 valence electrons. The molecule has 0 saturated heterocycles. The van der Waals surface area contributed by atoms with Crippen LogP contribution in [0.5, 0.6) is 0 Å². The Labute approximate surface area is 124 Å². The normalized spacial score (nSPS) is 16.9. The summed E-state index contributed by atoms with van der Waals surface area (Å²) < 4.78 is 0. The molecule has 1 aliphatic carbocycles. The molecular formula is C18H30N2. The second-order valence-electron chi connectivity index (χ2n) is 6.75. The summed E-state index contributed by atoms with van der Waals surface area (Å²) in [5.41, 5.74) is 10.3. The zero-order chi connectivity index (χ0) is 14.7. The van der Waals surface area contributed by atoms with Gasteiger partial charge in [-0.1, -0.05) is 32.0 Å². The lowest BCUT2D eigenvalue weighted by molar-refractivity contribution is 0.181. The molecule has 1 aromatic carbocycles. The van der Waals surface area contributed by atoms with Crippen LogP contribution >= 0.6 is 0 Å². The smallest absolute Gasteiger partial charge is 0.0473 e. The predicted molar refractivity (Wildman–Crippen MR) is 86.9 cm³/mol. The Hall–Kier alpha value is -0.860. The number of benzene rings is 1. The number of nitrogens with zero attached hydrogens (tertiary/aromatic N) is 1. The number of hydrogen-bond acceptors (Lipinski definition) is 2. The summed E-state index contributed by atoms with van der Waals surface area (Å²) in [7, 11) is 0. The summed E-state index contributed by atoms with van der Waals surface area (Å²) in [4.78, 5) is 2.66. The van der Waals surface area contributed by atoms with Crippen molar-refractivity contribution >= 4 is 0 Å². The highest BCUT2D eigenvalue weighted by molar-refractivity contribution is 5.32. The Morgan fingerprint density at radius 3 is 2.40 bits per heavy atom. The van der Waals surface area contributed by atoms with Crippen molar-refractivity contribution in [1.29, 1.82) is 0 Å². The van der Waals surface area contributed by atoms with E-state index in [2.05, 4.69) is 50.8 Å². The molecule has 2 nitrogen and oxygen atoms in total. The lowest BCUT2D eigenvalue weighted by Crippen LogP contribution is -2.36. The summed E-state index contributed by atoms with van der Waals surface area (Å²) in [6.07, 6.45) is 3.96. The van der Waals surface area contributed by atoms with E-state index < -0.39 is 0 Å². The second-order valence-corrected chi connectivity index (χ2v) is 6.75. The van der Waals surface area contributed by atoms with Crippen LogP contribution in [0.2, 0.25) is 0 Å². The van der Waals surface area contributed by atoms with Crippen molar-refractivity contribution < 1.29 is 0 Å². The van der Waals surface area contributed by atoms with Crippen molar-refractivity contribution in [2.75, 3.05) is 13.1 Å². The third kappa shape index (κ3) is 3.83. The Morgan fingerprint density at radius 2 is 1.90 bits per heavy atom. The molecule has 0 radical (unpaired) electrons. The second kappa shape index (κ2) is 6.73. The van der Waals surface area contributed by atoms with Gasteiger partial charge in [0.05, 0.1) is 0 Å². The molecule has 1 aliphatic rings. The quantitative estimate of drug-likeness (QED) is 0.819. The summed E-state index contributed by atoms with van der Waals surface area (Å²) in [6, 6.07) is 7.99. The van der Waals surface area contributed by atoms with Gasteiger partial charge < -0.3 is 5.73 Å². The van der Waals surface area contributed by atoms with Gasteiger partial charge in [-0.15, -0.1) is 0 Å². The molecule has 0 amide bonds. The van der Waals surface area contributed by atoms with E-state index in [-0.39, 0.29) is 0 Å². The minimum absolute atomic E-state index is 0.389. The maximum atomic E-state index is 6.12. The average molecular weight is 274 g/mol. The van der Waals surface area contributed by atoms with Crippen molar-refractivity contribution in [3.63, 3.8) is 0 Å². The SMILES string of the molecule is Cc1ccc(C(CN)N(CCC(C)C)C2CC2)cc1C. The minimum atomic E-state index is 0.389. The summed E-state index contributed by atoms with van der Waals surface area (Å²) in [6.45, 7) is 10.9. The van der Waals surface area contributed by atoms with Gasteiger partial charge in [0, 0.05) is 18.6 Å². The summed E-state index contributed by atoms with van der Waals surface area (Å²) >= 11 is 0. The Kier molecular flexibility index (Phi) is 5.22. The topological polar surface area (TPSA) is 29.3 Å². The third-order valence-electron chi connectivity index (χ3n) is 4.52. The molecule has 2 N–H and O–H groups in total. The van der Waals surface area contributed by atoms with Crippen LogP contribution < -0.4 is 5.73 Å². The van der Waals surface area contributed by atoms with Gasteiger partial charge >= 0.3 is 0 Å². The van der Waals surface area contributed by atoms with Crippen molar-refractivity contribution in [2.24, 2.45) is 11.7 Å². The monoisotopic (exact) mass is 274 g/mol. The van der Waals surface area contributed by atoms with E-state index in [0.29, 0.717) is 6.04 Å². The van der Waals surface area contributed by atoms with Crippen LogP contribution in [0, 0.1) is 19.8 Å². The fourth-order valence-corrected chi connectivity index (χ4v) is 2.84. The Balaban J connectivity index is 2.16. The first-order valence-electron chi connectivity index (χ1n) is 8.06. The third-order valence-corrected chi connectivity index (χ3v) is 4.52. The van der Waals surface area contributed by atoms with Gasteiger partial charge in [-0.2, -0.15) is 0 Å². The van der Waals surface area contributed by atoms with Crippen LogP contribution in [0.15, 0.2) is 18.2 Å². The highest BCUT2D eigenvalue weighted by atomic mass is 15.2. The number of rotatable bonds is 7. The molecule has 2 heteroatoms. The number of nitrogens with two attached hydrogens (primary N) is 1. The van der Waals surface area contributed by atoms with Crippen molar-refractivity contribution in [3.05, 3.63) is 34.9 Å². The largest absolute Gasteiger partial charge is 0.329 e. The van der Waals surface area contributed by atoms with Gasteiger partial charge in [-0.3, -0.25) is 4.90 Å². The Bertz CT molecular complexity index is 435. The van der Waals surface area contributed by atoms with Gasteiger partial charge in [0.25, 0.3) is 0 Å². The lowest BCUT2D eigenvalue weighted by atomic mass is 9.99. The number of aryl methyl sites for hydroxylation is 2. The zero-order valence-electron chi connectivity index (χ0n) is 13.5. The molecule has 0 spiro atoms. The van der Waals surface area contributed by atoms with Crippen LogP contribution in [0.3, 0.4) is 0 Å². The Morgan fingerprint density at radius 1 is 1.20 bits per heavy atom. The van der Waals surface area contributed by atoms with Crippen LogP contribution in [-0.2, 0) is 0 Å². The maximum absolute atomic E-state index is 6.12. The molecule has 20 heavy (non-hydrogen) atoms. The molecule has 1 fully saturated rings. The van der Waals surface area contributed by atoms with E-state index in [1.807, 2.05) is 0 Å². The van der Waals surface area contributed by atoms with Crippen molar-refractivity contribution in [2.45, 2.75) is 59.0 Å². The van der Waals surface area contributed by atoms with Gasteiger partial charge in [0.1, 0.15) is 0 Å². The van der Waals surface area contributed by atoms with Gasteiger partial charge in [-0.05, 0) is 62.3 Å². The van der Waals surface area contributed by atoms with Crippen LogP contribution in [0.25, 0.3) is 0 Å². The van der Waals surface area contributed by atoms with Gasteiger partial charge in [0.15, 0.2) is 0 Å². The lowest BCUT2D eigenvalue weighted by Gasteiger charge is -2.32. The highest BCUT2D eigenvalue weighted by Crippen LogP contribution is 2.35. The first-order valence-corrected chi connectivity index (χ1v) is 8.06. The van der Waals surface area contributed by atoms with E-state index in [9.17, 15) is 0 Å². The van der Waals surface area contributed by atoms with E-state index in [1.54, 1.807) is 0 Å². The zero-order valence-corrected chi connectivity index (χ0v) is 13.5. The summed E-state index contributed by atoms with van der Waals surface area (Å²) in [5, 5.41) is 0. The van der Waals surface area contributed by atoms with Gasteiger partial charge in [0.2, 0.25) is 0 Å². The van der Waals surface area contributed by atoms with Crippen molar-refractivity contribution in [3.8, 4) is 0 Å². The van der Waals surface area contributed by atoms with Crippen molar-refractivity contribution in [1.82, 2.24) is 4.90 Å². The molecule has 0 bridgehead atoms. The predicted octanol–water partition coefficient (Wildman–Crippen LogP) is 3.81.